The fraction of sp³-hybridized carbons (Fsp3) is 0.417. The summed E-state index contributed by atoms with van der Waals surface area (Å²) in [7, 11) is 0. The highest BCUT2D eigenvalue weighted by atomic mass is 19.1. The minimum absolute atomic E-state index is 0.148. The van der Waals surface area contributed by atoms with Gasteiger partial charge in [-0.15, -0.1) is 0 Å². The normalized spacial score (nSPS) is 12.9. The summed E-state index contributed by atoms with van der Waals surface area (Å²) in [6.45, 7) is 5.06. The first-order valence-electron chi connectivity index (χ1n) is 5.38. The number of carbonyl (C=O) groups is 2. The van der Waals surface area contributed by atoms with Crippen molar-refractivity contribution >= 4 is 11.9 Å². The van der Waals surface area contributed by atoms with E-state index in [2.05, 4.69) is 10.3 Å². The fourth-order valence-corrected chi connectivity index (χ4v) is 1.39. The summed E-state index contributed by atoms with van der Waals surface area (Å²) in [6, 6.07) is 2.69. The monoisotopic (exact) mass is 254 g/mol. The van der Waals surface area contributed by atoms with Crippen LogP contribution in [0.3, 0.4) is 0 Å². The molecule has 2 N–H and O–H groups in total. The first-order chi connectivity index (χ1) is 8.21. The summed E-state index contributed by atoms with van der Waals surface area (Å²) < 4.78 is 12.9. The van der Waals surface area contributed by atoms with Gasteiger partial charge in [-0.25, -0.2) is 9.78 Å². The molecule has 18 heavy (non-hydrogen) atoms. The van der Waals surface area contributed by atoms with Crippen LogP contribution in [-0.2, 0) is 4.79 Å². The second kappa shape index (κ2) is 5.12. The number of hydrogen-bond donors (Lipinski definition) is 2. The minimum Gasteiger partial charge on any atom is -0.480 e. The molecule has 5 nitrogen and oxygen atoms in total. The molecule has 1 aromatic heterocycles. The number of nitrogens with one attached hydrogen (secondary N) is 1. The zero-order valence-electron chi connectivity index (χ0n) is 10.4. The molecule has 0 aromatic carbocycles. The molecular weight excluding hydrogens is 239 g/mol. The Balaban J connectivity index is 2.89. The summed E-state index contributed by atoms with van der Waals surface area (Å²) in [5.74, 6) is -2.64. The first kappa shape index (κ1) is 14.1. The average Bonchev–Trinajstić information content (AvgIpc) is 2.23. The van der Waals surface area contributed by atoms with Crippen molar-refractivity contribution in [2.45, 2.75) is 26.8 Å². The Kier molecular flexibility index (Phi) is 4.00. The number of amides is 1. The number of halogens is 1. The van der Waals surface area contributed by atoms with Crippen LogP contribution in [-0.4, -0.2) is 28.0 Å². The number of rotatable bonds is 3. The molecule has 0 saturated heterocycles. The largest absolute Gasteiger partial charge is 0.480 e. The Morgan fingerprint density at radius 1 is 1.39 bits per heavy atom. The summed E-state index contributed by atoms with van der Waals surface area (Å²) in [4.78, 5) is 26.2. The van der Waals surface area contributed by atoms with Crippen molar-refractivity contribution in [2.24, 2.45) is 5.41 Å². The van der Waals surface area contributed by atoms with Crippen molar-refractivity contribution in [2.75, 3.05) is 0 Å². The van der Waals surface area contributed by atoms with Gasteiger partial charge in [-0.1, -0.05) is 26.8 Å². The smallest absolute Gasteiger partial charge is 0.326 e. The lowest BCUT2D eigenvalue weighted by Gasteiger charge is -2.27. The number of carbonyl (C=O) groups excluding carboxylic acids is 1. The van der Waals surface area contributed by atoms with Crippen LogP contribution in [0.25, 0.3) is 0 Å². The van der Waals surface area contributed by atoms with Crippen LogP contribution in [0.5, 0.6) is 0 Å². The van der Waals surface area contributed by atoms with E-state index in [9.17, 15) is 14.0 Å². The quantitative estimate of drug-likeness (QED) is 0.800. The SMILES string of the molecule is CC(C)(C)[C@H](NC(=O)c1cccc(F)n1)C(=O)O. The second-order valence-electron chi connectivity index (χ2n) is 4.96. The zero-order valence-corrected chi connectivity index (χ0v) is 10.4. The van der Waals surface area contributed by atoms with Crippen LogP contribution in [0.15, 0.2) is 18.2 Å². The Morgan fingerprint density at radius 2 is 2.00 bits per heavy atom. The molecule has 6 heteroatoms. The van der Waals surface area contributed by atoms with Crippen molar-refractivity contribution < 1.29 is 19.1 Å². The molecule has 0 unspecified atom stereocenters. The Morgan fingerprint density at radius 3 is 2.44 bits per heavy atom. The Bertz CT molecular complexity index is 469. The summed E-state index contributed by atoms with van der Waals surface area (Å²) in [5.41, 5.74) is -0.806. The van der Waals surface area contributed by atoms with Gasteiger partial charge in [0, 0.05) is 0 Å². The van der Waals surface area contributed by atoms with Crippen molar-refractivity contribution in [3.05, 3.63) is 29.8 Å². The van der Waals surface area contributed by atoms with E-state index in [-0.39, 0.29) is 5.69 Å². The van der Waals surface area contributed by atoms with Crippen LogP contribution in [0.2, 0.25) is 0 Å². The Labute approximate surface area is 104 Å². The van der Waals surface area contributed by atoms with Crippen LogP contribution < -0.4 is 5.32 Å². The van der Waals surface area contributed by atoms with Gasteiger partial charge in [-0.05, 0) is 17.5 Å². The van der Waals surface area contributed by atoms with E-state index in [1.165, 1.54) is 12.1 Å². The first-order valence-corrected chi connectivity index (χ1v) is 5.38. The van der Waals surface area contributed by atoms with Gasteiger partial charge in [-0.2, -0.15) is 4.39 Å². The maximum Gasteiger partial charge on any atom is 0.326 e. The molecule has 1 aromatic rings. The molecule has 98 valence electrons. The number of carboxylic acid groups (broad SMARTS) is 1. The molecule has 0 bridgehead atoms. The topological polar surface area (TPSA) is 79.3 Å². The molecule has 0 fully saturated rings. The van der Waals surface area contributed by atoms with E-state index in [0.29, 0.717) is 0 Å². The molecule has 1 rings (SSSR count). The molecule has 0 radical (unpaired) electrons. The van der Waals surface area contributed by atoms with Gasteiger partial charge >= 0.3 is 5.97 Å². The van der Waals surface area contributed by atoms with Gasteiger partial charge in [0.2, 0.25) is 5.95 Å². The predicted molar refractivity (Wildman–Crippen MR) is 62.5 cm³/mol. The van der Waals surface area contributed by atoms with Gasteiger partial charge in [0.25, 0.3) is 5.91 Å². The highest BCUT2D eigenvalue weighted by Gasteiger charge is 2.33. The van der Waals surface area contributed by atoms with Crippen molar-refractivity contribution in [3.63, 3.8) is 0 Å². The van der Waals surface area contributed by atoms with Crippen LogP contribution in [0.4, 0.5) is 4.39 Å². The maximum atomic E-state index is 12.9. The lowest BCUT2D eigenvalue weighted by Crippen LogP contribution is -2.49. The molecule has 0 aliphatic carbocycles. The number of carboxylic acids is 1. The molecule has 0 aliphatic heterocycles. The molecule has 1 atom stereocenters. The van der Waals surface area contributed by atoms with E-state index in [1.54, 1.807) is 20.8 Å². The zero-order chi connectivity index (χ0) is 13.9. The number of aromatic nitrogens is 1. The molecule has 1 heterocycles. The van der Waals surface area contributed by atoms with Gasteiger partial charge in [-0.3, -0.25) is 4.79 Å². The van der Waals surface area contributed by atoms with Gasteiger partial charge in [0.1, 0.15) is 11.7 Å². The highest BCUT2D eigenvalue weighted by Crippen LogP contribution is 2.19. The van der Waals surface area contributed by atoms with Gasteiger partial charge in [0.05, 0.1) is 0 Å². The van der Waals surface area contributed by atoms with Crippen LogP contribution in [0.1, 0.15) is 31.3 Å². The van der Waals surface area contributed by atoms with E-state index in [1.807, 2.05) is 0 Å². The third kappa shape index (κ3) is 3.51. The van der Waals surface area contributed by atoms with Crippen LogP contribution >= 0.6 is 0 Å². The molecular formula is C12H15FN2O3. The molecule has 1 amide bonds. The fourth-order valence-electron chi connectivity index (χ4n) is 1.39. The predicted octanol–water partition coefficient (Wildman–Crippen LogP) is 1.45. The van der Waals surface area contributed by atoms with E-state index >= 15 is 0 Å². The van der Waals surface area contributed by atoms with E-state index in [0.717, 1.165) is 6.07 Å². The number of pyridine rings is 1. The van der Waals surface area contributed by atoms with Gasteiger partial charge in [0.15, 0.2) is 0 Å². The standard InChI is InChI=1S/C12H15FN2O3/c1-12(2,3)9(11(17)18)15-10(16)7-5-4-6-8(13)14-7/h4-6,9H,1-3H3,(H,15,16)(H,17,18)/t9-/m1/s1. The minimum atomic E-state index is -1.15. The second-order valence-corrected chi connectivity index (χ2v) is 4.96. The van der Waals surface area contributed by atoms with Crippen LogP contribution in [0, 0.1) is 11.4 Å². The molecule has 0 aliphatic rings. The third-order valence-electron chi connectivity index (χ3n) is 2.34. The summed E-state index contributed by atoms with van der Waals surface area (Å²) in [5, 5.41) is 11.4. The van der Waals surface area contributed by atoms with E-state index < -0.39 is 29.3 Å². The van der Waals surface area contributed by atoms with E-state index in [4.69, 9.17) is 5.11 Å². The summed E-state index contributed by atoms with van der Waals surface area (Å²) in [6.07, 6.45) is 0. The lowest BCUT2D eigenvalue weighted by molar-refractivity contribution is -0.142. The third-order valence-corrected chi connectivity index (χ3v) is 2.34. The lowest BCUT2D eigenvalue weighted by atomic mass is 9.86. The van der Waals surface area contributed by atoms with Gasteiger partial charge < -0.3 is 10.4 Å². The molecule has 0 saturated carbocycles. The highest BCUT2D eigenvalue weighted by molar-refractivity contribution is 5.95. The summed E-state index contributed by atoms with van der Waals surface area (Å²) >= 11 is 0. The van der Waals surface area contributed by atoms with Crippen molar-refractivity contribution in [3.8, 4) is 0 Å². The maximum absolute atomic E-state index is 12.9. The average molecular weight is 254 g/mol. The Hall–Kier alpha value is -1.98. The number of aliphatic carboxylic acids is 1. The van der Waals surface area contributed by atoms with Crippen molar-refractivity contribution in [1.82, 2.24) is 10.3 Å². The number of hydrogen-bond acceptors (Lipinski definition) is 3. The molecule has 0 spiro atoms. The number of nitrogens with zero attached hydrogens (tertiary/aromatic N) is 1. The van der Waals surface area contributed by atoms with Crippen molar-refractivity contribution in [1.29, 1.82) is 0 Å².